The molecule has 0 radical (unpaired) electrons. The lowest BCUT2D eigenvalue weighted by Crippen LogP contribution is -2.11. The number of fused-ring (bicyclic) bond motifs is 2. The van der Waals surface area contributed by atoms with Crippen LogP contribution in [0, 0.1) is 0 Å². The van der Waals surface area contributed by atoms with Crippen molar-refractivity contribution >= 4 is 43.1 Å². The van der Waals surface area contributed by atoms with Crippen LogP contribution in [-0.2, 0) is 10.8 Å². The molecule has 0 saturated carbocycles. The van der Waals surface area contributed by atoms with E-state index in [1.807, 2.05) is 0 Å². The van der Waals surface area contributed by atoms with E-state index in [9.17, 15) is 0 Å². The predicted molar refractivity (Wildman–Crippen MR) is 116 cm³/mol. The van der Waals surface area contributed by atoms with Crippen molar-refractivity contribution in [2.45, 2.75) is 52.4 Å². The average molecular weight is 381 g/mol. The molecule has 4 rings (SSSR count). The fourth-order valence-electron chi connectivity index (χ4n) is 3.29. The van der Waals surface area contributed by atoms with Gasteiger partial charge in [0.25, 0.3) is 0 Å². The van der Waals surface area contributed by atoms with Gasteiger partial charge in [0.2, 0.25) is 0 Å². The van der Waals surface area contributed by atoms with E-state index >= 15 is 0 Å². The van der Waals surface area contributed by atoms with E-state index < -0.39 is 0 Å². The Kier molecular flexibility index (Phi) is 3.97. The van der Waals surface area contributed by atoms with Crippen molar-refractivity contribution in [2.75, 3.05) is 0 Å². The number of hydrogen-bond donors (Lipinski definition) is 0. The highest BCUT2D eigenvalue weighted by molar-refractivity contribution is 7.27. The minimum atomic E-state index is 0.0812. The minimum absolute atomic E-state index is 0.0812. The molecule has 2 aromatic carbocycles. The maximum absolute atomic E-state index is 5.00. The molecule has 0 spiro atoms. The first kappa shape index (κ1) is 17.6. The van der Waals surface area contributed by atoms with E-state index in [2.05, 4.69) is 77.9 Å². The Balaban J connectivity index is 1.91. The largest absolute Gasteiger partial charge is 0.233 e. The maximum Gasteiger partial charge on any atom is 0.153 e. The summed E-state index contributed by atoms with van der Waals surface area (Å²) in [6, 6.07) is 13.0. The number of benzene rings is 2. The molecule has 4 heteroatoms. The highest BCUT2D eigenvalue weighted by Crippen LogP contribution is 2.40. The zero-order chi connectivity index (χ0) is 18.7. The summed E-state index contributed by atoms with van der Waals surface area (Å²) >= 11 is 3.49. The fourth-order valence-corrected chi connectivity index (χ4v) is 5.29. The van der Waals surface area contributed by atoms with E-state index in [-0.39, 0.29) is 10.8 Å². The average Bonchev–Trinajstić information content (AvgIpc) is 3.15. The van der Waals surface area contributed by atoms with Crippen LogP contribution in [0.2, 0.25) is 0 Å². The van der Waals surface area contributed by atoms with E-state index in [1.54, 1.807) is 22.7 Å². The van der Waals surface area contributed by atoms with Crippen molar-refractivity contribution < 1.29 is 0 Å². The first-order valence-electron chi connectivity index (χ1n) is 8.95. The number of hydrogen-bond acceptors (Lipinski definition) is 4. The third kappa shape index (κ3) is 2.95. The van der Waals surface area contributed by atoms with Crippen molar-refractivity contribution in [3.05, 3.63) is 47.5 Å². The first-order valence-corrected chi connectivity index (χ1v) is 10.6. The van der Waals surface area contributed by atoms with Crippen LogP contribution in [0.5, 0.6) is 0 Å². The number of thiazole rings is 2. The summed E-state index contributed by atoms with van der Waals surface area (Å²) in [4.78, 5) is 10.0. The van der Waals surface area contributed by atoms with Gasteiger partial charge in [0.05, 0.1) is 20.4 Å². The molecule has 0 aliphatic carbocycles. The summed E-state index contributed by atoms with van der Waals surface area (Å²) < 4.78 is 2.48. The van der Waals surface area contributed by atoms with Gasteiger partial charge in [0.15, 0.2) is 10.0 Å². The van der Waals surface area contributed by atoms with Gasteiger partial charge >= 0.3 is 0 Å². The van der Waals surface area contributed by atoms with Gasteiger partial charge in [-0.15, -0.1) is 22.7 Å². The van der Waals surface area contributed by atoms with Crippen LogP contribution < -0.4 is 0 Å². The fraction of sp³-hybridized carbons (Fsp3) is 0.364. The lowest BCUT2D eigenvalue weighted by Gasteiger charge is -2.19. The Morgan fingerprint density at radius 1 is 0.615 bits per heavy atom. The Labute approximate surface area is 162 Å². The van der Waals surface area contributed by atoms with Crippen molar-refractivity contribution in [1.29, 1.82) is 0 Å². The van der Waals surface area contributed by atoms with Gasteiger partial charge < -0.3 is 0 Å². The standard InChI is InChI=1S/C22H24N2S2/c1-21(2,3)13-9-7-11-15-17(13)23-19(25-15)20-24-18-14(22(4,5)6)10-8-12-16(18)26-20/h7-12H,1-6H3. The molecule has 2 aromatic heterocycles. The van der Waals surface area contributed by atoms with Crippen molar-refractivity contribution in [3.63, 3.8) is 0 Å². The van der Waals surface area contributed by atoms with Gasteiger partial charge in [0.1, 0.15) is 0 Å². The van der Waals surface area contributed by atoms with Gasteiger partial charge in [-0.05, 0) is 34.1 Å². The highest BCUT2D eigenvalue weighted by Gasteiger charge is 2.22. The van der Waals surface area contributed by atoms with Crippen LogP contribution >= 0.6 is 22.7 Å². The predicted octanol–water partition coefficient (Wildman–Crippen LogP) is 7.17. The Morgan fingerprint density at radius 3 is 1.35 bits per heavy atom. The molecule has 0 fully saturated rings. The number of para-hydroxylation sites is 2. The summed E-state index contributed by atoms with van der Waals surface area (Å²) in [6.45, 7) is 13.5. The number of nitrogens with zero attached hydrogens (tertiary/aromatic N) is 2. The number of rotatable bonds is 1. The van der Waals surface area contributed by atoms with Crippen LogP contribution in [0.25, 0.3) is 30.4 Å². The van der Waals surface area contributed by atoms with Crippen LogP contribution in [-0.4, -0.2) is 9.97 Å². The monoisotopic (exact) mass is 380 g/mol. The quantitative estimate of drug-likeness (QED) is 0.350. The molecule has 0 aliphatic heterocycles. The zero-order valence-electron chi connectivity index (χ0n) is 16.2. The third-order valence-corrected chi connectivity index (χ3v) is 6.82. The second kappa shape index (κ2) is 5.86. The smallest absolute Gasteiger partial charge is 0.153 e. The Hall–Kier alpha value is -1.78. The maximum atomic E-state index is 5.00. The minimum Gasteiger partial charge on any atom is -0.233 e. The molecule has 26 heavy (non-hydrogen) atoms. The molecule has 0 saturated heterocycles. The van der Waals surface area contributed by atoms with Gasteiger partial charge in [-0.25, -0.2) is 9.97 Å². The topological polar surface area (TPSA) is 25.8 Å². The first-order chi connectivity index (χ1) is 12.1. The van der Waals surface area contributed by atoms with Crippen LogP contribution in [0.4, 0.5) is 0 Å². The van der Waals surface area contributed by atoms with E-state index in [4.69, 9.17) is 9.97 Å². The molecule has 0 amide bonds. The van der Waals surface area contributed by atoms with E-state index in [0.717, 1.165) is 21.0 Å². The molecule has 0 bridgehead atoms. The lowest BCUT2D eigenvalue weighted by molar-refractivity contribution is 0.594. The van der Waals surface area contributed by atoms with Gasteiger partial charge in [-0.2, -0.15) is 0 Å². The van der Waals surface area contributed by atoms with E-state index in [1.165, 1.54) is 20.5 Å². The Bertz CT molecular complexity index is 1010. The summed E-state index contributed by atoms with van der Waals surface area (Å²) in [5, 5.41) is 2.05. The molecule has 0 unspecified atom stereocenters. The second-order valence-corrected chi connectivity index (χ2v) is 10.9. The molecular weight excluding hydrogens is 356 g/mol. The number of aromatic nitrogens is 2. The summed E-state index contributed by atoms with van der Waals surface area (Å²) in [6.07, 6.45) is 0. The second-order valence-electron chi connectivity index (χ2n) is 8.84. The SMILES string of the molecule is CC(C)(C)c1cccc2sc(-c3nc4c(C(C)(C)C)cccc4s3)nc12. The highest BCUT2D eigenvalue weighted by atomic mass is 32.1. The van der Waals surface area contributed by atoms with Crippen molar-refractivity contribution in [1.82, 2.24) is 9.97 Å². The molecule has 0 N–H and O–H groups in total. The van der Waals surface area contributed by atoms with Crippen molar-refractivity contribution in [3.8, 4) is 10.0 Å². The molecule has 2 nitrogen and oxygen atoms in total. The molecule has 0 aliphatic rings. The molecule has 0 atom stereocenters. The summed E-state index contributed by atoms with van der Waals surface area (Å²) in [5.74, 6) is 0. The molecule has 2 heterocycles. The van der Waals surface area contributed by atoms with Crippen molar-refractivity contribution in [2.24, 2.45) is 0 Å². The lowest BCUT2D eigenvalue weighted by atomic mass is 9.86. The molecule has 134 valence electrons. The summed E-state index contributed by atoms with van der Waals surface area (Å²) in [5.41, 5.74) is 5.00. The molecular formula is C22H24N2S2. The summed E-state index contributed by atoms with van der Waals surface area (Å²) in [7, 11) is 0. The van der Waals surface area contributed by atoms with Crippen LogP contribution in [0.15, 0.2) is 36.4 Å². The van der Waals surface area contributed by atoms with Crippen LogP contribution in [0.1, 0.15) is 52.7 Å². The normalized spacial score (nSPS) is 13.0. The molecule has 4 aromatic rings. The third-order valence-electron chi connectivity index (χ3n) is 4.64. The van der Waals surface area contributed by atoms with Gasteiger partial charge in [-0.3, -0.25) is 0 Å². The Morgan fingerprint density at radius 2 is 1.00 bits per heavy atom. The van der Waals surface area contributed by atoms with Crippen LogP contribution in [0.3, 0.4) is 0 Å². The van der Waals surface area contributed by atoms with Gasteiger partial charge in [-0.1, -0.05) is 65.8 Å². The van der Waals surface area contributed by atoms with E-state index in [0.29, 0.717) is 0 Å². The van der Waals surface area contributed by atoms with Gasteiger partial charge in [0, 0.05) is 0 Å². The zero-order valence-corrected chi connectivity index (χ0v) is 17.8.